The Morgan fingerprint density at radius 3 is 2.48 bits per heavy atom. The van der Waals surface area contributed by atoms with Gasteiger partial charge < -0.3 is 14.5 Å². The molecule has 0 spiro atoms. The first-order valence-corrected chi connectivity index (χ1v) is 9.16. The molecule has 0 unspecified atom stereocenters. The van der Waals surface area contributed by atoms with Crippen LogP contribution in [0.3, 0.4) is 0 Å². The first-order chi connectivity index (χ1) is 12.1. The average Bonchev–Trinajstić information content (AvgIpc) is 2.67. The second-order valence-corrected chi connectivity index (χ2v) is 7.16. The predicted octanol–water partition coefficient (Wildman–Crippen LogP) is 1.12. The van der Waals surface area contributed by atoms with Crippen LogP contribution in [-0.4, -0.2) is 85.2 Å². The summed E-state index contributed by atoms with van der Waals surface area (Å²) in [4.78, 5) is 27.3. The molecule has 138 valence electrons. The minimum atomic E-state index is -0.415. The van der Waals surface area contributed by atoms with Gasteiger partial charge >= 0.3 is 5.97 Å². The van der Waals surface area contributed by atoms with Gasteiger partial charge in [-0.05, 0) is 32.7 Å². The van der Waals surface area contributed by atoms with Gasteiger partial charge in [0.25, 0.3) is 0 Å². The molecule has 0 N–H and O–H groups in total. The molecule has 3 heterocycles. The minimum Gasteiger partial charge on any atom is -0.464 e. The Morgan fingerprint density at radius 1 is 1.16 bits per heavy atom. The molecule has 25 heavy (non-hydrogen) atoms. The van der Waals surface area contributed by atoms with Crippen molar-refractivity contribution >= 4 is 11.8 Å². The number of piperazine rings is 1. The number of anilines is 1. The van der Waals surface area contributed by atoms with Crippen LogP contribution in [0.25, 0.3) is 0 Å². The summed E-state index contributed by atoms with van der Waals surface area (Å²) in [6.07, 6.45) is 3.76. The van der Waals surface area contributed by atoms with E-state index in [4.69, 9.17) is 4.74 Å². The summed E-state index contributed by atoms with van der Waals surface area (Å²) in [6.45, 7) is 9.01. The molecule has 2 aliphatic rings. The molecule has 0 radical (unpaired) electrons. The Labute approximate surface area is 150 Å². The first-order valence-electron chi connectivity index (χ1n) is 9.16. The van der Waals surface area contributed by atoms with Gasteiger partial charge in [-0.25, -0.2) is 14.8 Å². The van der Waals surface area contributed by atoms with E-state index in [1.165, 1.54) is 39.6 Å². The number of esters is 1. The number of ether oxygens (including phenoxy) is 1. The lowest BCUT2D eigenvalue weighted by molar-refractivity contribution is 0.0594. The summed E-state index contributed by atoms with van der Waals surface area (Å²) in [6, 6.07) is 2.36. The maximum atomic E-state index is 11.6. The normalized spacial score (nSPS) is 22.0. The molecule has 0 amide bonds. The summed E-state index contributed by atoms with van der Waals surface area (Å²) in [7, 11) is 3.57. The fourth-order valence-electron chi connectivity index (χ4n) is 3.87. The van der Waals surface area contributed by atoms with Crippen LogP contribution >= 0.6 is 0 Å². The topological polar surface area (TPSA) is 61.8 Å². The van der Waals surface area contributed by atoms with Gasteiger partial charge in [0.15, 0.2) is 5.69 Å². The lowest BCUT2D eigenvalue weighted by Crippen LogP contribution is -2.51. The highest BCUT2D eigenvalue weighted by atomic mass is 16.5. The van der Waals surface area contributed by atoms with Crippen molar-refractivity contribution in [3.63, 3.8) is 0 Å². The van der Waals surface area contributed by atoms with E-state index in [9.17, 15) is 4.79 Å². The fourth-order valence-corrected chi connectivity index (χ4v) is 3.87. The molecule has 1 aromatic heterocycles. The van der Waals surface area contributed by atoms with E-state index in [0.29, 0.717) is 11.7 Å². The Bertz CT molecular complexity index is 581. The highest BCUT2D eigenvalue weighted by Crippen LogP contribution is 2.27. The van der Waals surface area contributed by atoms with Gasteiger partial charge in [0.2, 0.25) is 0 Å². The van der Waals surface area contributed by atoms with Gasteiger partial charge in [0.05, 0.1) is 7.11 Å². The zero-order valence-corrected chi connectivity index (χ0v) is 15.5. The smallest absolute Gasteiger partial charge is 0.356 e. The number of hydrogen-bond acceptors (Lipinski definition) is 7. The largest absolute Gasteiger partial charge is 0.464 e. The van der Waals surface area contributed by atoms with Crippen molar-refractivity contribution in [2.24, 2.45) is 5.92 Å². The third-order valence-electron chi connectivity index (χ3n) is 5.71. The maximum absolute atomic E-state index is 11.6. The summed E-state index contributed by atoms with van der Waals surface area (Å²) < 4.78 is 4.75. The highest BCUT2D eigenvalue weighted by molar-refractivity contribution is 5.87. The molecule has 7 heteroatoms. The highest BCUT2D eigenvalue weighted by Gasteiger charge is 2.29. The second-order valence-electron chi connectivity index (χ2n) is 7.16. The Balaban J connectivity index is 1.56. The lowest BCUT2D eigenvalue weighted by Gasteiger charge is -2.42. The van der Waals surface area contributed by atoms with Crippen LogP contribution in [-0.2, 0) is 4.74 Å². The van der Waals surface area contributed by atoms with E-state index in [1.807, 2.05) is 0 Å². The van der Waals surface area contributed by atoms with E-state index >= 15 is 0 Å². The van der Waals surface area contributed by atoms with Gasteiger partial charge in [-0.2, -0.15) is 0 Å². The molecular formula is C18H29N5O2. The summed E-state index contributed by atoms with van der Waals surface area (Å²) >= 11 is 0. The van der Waals surface area contributed by atoms with Crippen molar-refractivity contribution in [2.75, 3.05) is 58.3 Å². The van der Waals surface area contributed by atoms with Crippen molar-refractivity contribution < 1.29 is 9.53 Å². The van der Waals surface area contributed by atoms with Gasteiger partial charge in [-0.15, -0.1) is 0 Å². The molecule has 2 aliphatic heterocycles. The Kier molecular flexibility index (Phi) is 5.86. The molecule has 1 atom stereocenters. The van der Waals surface area contributed by atoms with Gasteiger partial charge in [0, 0.05) is 51.4 Å². The summed E-state index contributed by atoms with van der Waals surface area (Å²) in [5.41, 5.74) is 0.320. The predicted molar refractivity (Wildman–Crippen MR) is 96.8 cm³/mol. The number of carbonyl (C=O) groups excluding carboxylic acids is 1. The molecule has 2 fully saturated rings. The summed E-state index contributed by atoms with van der Waals surface area (Å²) in [5, 5.41) is 0. The fraction of sp³-hybridized carbons (Fsp3) is 0.722. The maximum Gasteiger partial charge on any atom is 0.356 e. The zero-order valence-electron chi connectivity index (χ0n) is 15.5. The molecule has 1 aromatic rings. The summed E-state index contributed by atoms with van der Waals surface area (Å²) in [5.74, 6) is 1.13. The van der Waals surface area contributed by atoms with Crippen molar-refractivity contribution in [3.05, 3.63) is 18.1 Å². The standard InChI is InChI=1S/C18H29N5O2/c1-14(22-10-8-21(2)9-11-22)15-4-6-23(7-5-15)17-12-16(18(24)25-3)19-13-20-17/h12-15H,4-11H2,1-3H3/t14-/m0/s1. The molecule has 7 nitrogen and oxygen atoms in total. The van der Waals surface area contributed by atoms with E-state index < -0.39 is 5.97 Å². The van der Waals surface area contributed by atoms with E-state index in [0.717, 1.165) is 37.7 Å². The molecule has 3 rings (SSSR count). The third kappa shape index (κ3) is 4.27. The third-order valence-corrected chi connectivity index (χ3v) is 5.71. The number of likely N-dealkylation sites (N-methyl/N-ethyl adjacent to an activating group) is 1. The van der Waals surface area contributed by atoms with Crippen LogP contribution in [0.1, 0.15) is 30.3 Å². The lowest BCUT2D eigenvalue weighted by atomic mass is 9.89. The van der Waals surface area contributed by atoms with Gasteiger partial charge in [-0.3, -0.25) is 4.90 Å². The van der Waals surface area contributed by atoms with Crippen molar-refractivity contribution in [2.45, 2.75) is 25.8 Å². The number of aromatic nitrogens is 2. The molecule has 0 aromatic carbocycles. The van der Waals surface area contributed by atoms with Gasteiger partial charge in [-0.1, -0.05) is 0 Å². The number of piperidine rings is 1. The number of carbonyl (C=O) groups is 1. The number of hydrogen-bond donors (Lipinski definition) is 0. The molecular weight excluding hydrogens is 318 g/mol. The number of nitrogens with zero attached hydrogens (tertiary/aromatic N) is 5. The van der Waals surface area contributed by atoms with Crippen LogP contribution < -0.4 is 4.90 Å². The van der Waals surface area contributed by atoms with E-state index in [1.54, 1.807) is 6.07 Å². The van der Waals surface area contributed by atoms with Crippen LogP contribution in [0.15, 0.2) is 12.4 Å². The molecule has 2 saturated heterocycles. The SMILES string of the molecule is COC(=O)c1cc(N2CCC([C@H](C)N3CCN(C)CC3)CC2)ncn1. The second kappa shape index (κ2) is 8.10. The zero-order chi connectivity index (χ0) is 17.8. The van der Waals surface area contributed by atoms with Crippen LogP contribution in [0.5, 0.6) is 0 Å². The molecule has 0 aliphatic carbocycles. The quantitative estimate of drug-likeness (QED) is 0.756. The average molecular weight is 347 g/mol. The van der Waals surface area contributed by atoms with Crippen molar-refractivity contribution in [3.8, 4) is 0 Å². The molecule has 0 bridgehead atoms. The van der Waals surface area contributed by atoms with Crippen LogP contribution in [0, 0.1) is 5.92 Å². The van der Waals surface area contributed by atoms with E-state index in [-0.39, 0.29) is 0 Å². The number of rotatable bonds is 4. The van der Waals surface area contributed by atoms with Gasteiger partial charge in [0.1, 0.15) is 12.1 Å². The van der Waals surface area contributed by atoms with Crippen LogP contribution in [0.4, 0.5) is 5.82 Å². The number of methoxy groups -OCH3 is 1. The minimum absolute atomic E-state index is 0.320. The monoisotopic (exact) mass is 347 g/mol. The Hall–Kier alpha value is -1.73. The Morgan fingerprint density at radius 2 is 1.84 bits per heavy atom. The van der Waals surface area contributed by atoms with Crippen molar-refractivity contribution in [1.82, 2.24) is 19.8 Å². The van der Waals surface area contributed by atoms with Crippen molar-refractivity contribution in [1.29, 1.82) is 0 Å². The van der Waals surface area contributed by atoms with E-state index in [2.05, 4.69) is 38.6 Å². The first kappa shape index (κ1) is 18.1. The molecule has 0 saturated carbocycles. The van der Waals surface area contributed by atoms with Crippen LogP contribution in [0.2, 0.25) is 0 Å².